The van der Waals surface area contributed by atoms with E-state index < -0.39 is 5.97 Å². The lowest BCUT2D eigenvalue weighted by molar-refractivity contribution is -0.137. The van der Waals surface area contributed by atoms with Crippen molar-refractivity contribution in [1.29, 1.82) is 0 Å². The number of allylic oxidation sites excluding steroid dienone is 2. The van der Waals surface area contributed by atoms with Gasteiger partial charge in [0.25, 0.3) is 0 Å². The Morgan fingerprint density at radius 3 is 2.50 bits per heavy atom. The van der Waals surface area contributed by atoms with Crippen LogP contribution >= 0.6 is 0 Å². The molecule has 16 heavy (non-hydrogen) atoms. The van der Waals surface area contributed by atoms with Crippen LogP contribution in [-0.2, 0) is 4.79 Å². The average molecular weight is 220 g/mol. The van der Waals surface area contributed by atoms with E-state index in [0.29, 0.717) is 0 Å². The van der Waals surface area contributed by atoms with Crippen LogP contribution in [0, 0.1) is 0 Å². The normalized spacial score (nSPS) is 12.8. The van der Waals surface area contributed by atoms with Gasteiger partial charge in [-0.3, -0.25) is 4.79 Å². The summed E-state index contributed by atoms with van der Waals surface area (Å²) in [6.07, 6.45) is 4.82. The van der Waals surface area contributed by atoms with E-state index in [1.807, 2.05) is 19.1 Å². The molecule has 0 spiro atoms. The fourth-order valence-corrected chi connectivity index (χ4v) is 1.51. The summed E-state index contributed by atoms with van der Waals surface area (Å²) in [5.41, 5.74) is 0.907. The molecule has 1 aromatic rings. The predicted octanol–water partition coefficient (Wildman–Crippen LogP) is 2.92. The first-order chi connectivity index (χ1) is 7.63. The zero-order chi connectivity index (χ0) is 12.0. The van der Waals surface area contributed by atoms with Crippen LogP contribution in [0.3, 0.4) is 0 Å². The number of carboxylic acid groups (broad SMARTS) is 1. The van der Waals surface area contributed by atoms with Gasteiger partial charge in [-0.15, -0.1) is 0 Å². The molecule has 0 saturated carbocycles. The van der Waals surface area contributed by atoms with Crippen molar-refractivity contribution in [1.82, 2.24) is 0 Å². The highest BCUT2D eigenvalue weighted by atomic mass is 16.4. The minimum absolute atomic E-state index is 0.0707. The summed E-state index contributed by atoms with van der Waals surface area (Å²) < 4.78 is 0. The molecule has 1 rings (SSSR count). The number of benzene rings is 1. The first kappa shape index (κ1) is 12.3. The number of aromatic hydroxyl groups is 1. The molecule has 0 heterocycles. The van der Waals surface area contributed by atoms with Gasteiger partial charge in [-0.05, 0) is 24.1 Å². The summed E-state index contributed by atoms with van der Waals surface area (Å²) in [6.45, 7) is 2.01. The number of carboxylic acids is 1. The van der Waals surface area contributed by atoms with E-state index in [-0.39, 0.29) is 18.1 Å². The van der Waals surface area contributed by atoms with Crippen LogP contribution in [0.25, 0.3) is 0 Å². The molecule has 0 amide bonds. The Hall–Kier alpha value is -1.77. The van der Waals surface area contributed by atoms with Gasteiger partial charge in [0.05, 0.1) is 6.42 Å². The van der Waals surface area contributed by atoms with Crippen LogP contribution in [0.2, 0.25) is 0 Å². The third-order valence-electron chi connectivity index (χ3n) is 2.32. The molecule has 0 aliphatic carbocycles. The van der Waals surface area contributed by atoms with Crippen molar-refractivity contribution < 1.29 is 15.0 Å². The molecule has 0 bridgehead atoms. The summed E-state index contributed by atoms with van der Waals surface area (Å²) in [5.74, 6) is -0.755. The van der Waals surface area contributed by atoms with Crippen molar-refractivity contribution in [3.8, 4) is 5.75 Å². The summed E-state index contributed by atoms with van der Waals surface area (Å²) in [6, 6.07) is 6.65. The van der Waals surface area contributed by atoms with Gasteiger partial charge in [0.2, 0.25) is 0 Å². The Morgan fingerprint density at radius 2 is 2.00 bits per heavy atom. The van der Waals surface area contributed by atoms with E-state index in [9.17, 15) is 4.79 Å². The largest absolute Gasteiger partial charge is 0.508 e. The average Bonchev–Trinajstić information content (AvgIpc) is 2.25. The zero-order valence-corrected chi connectivity index (χ0v) is 9.26. The van der Waals surface area contributed by atoms with Gasteiger partial charge in [0.15, 0.2) is 0 Å². The predicted molar refractivity (Wildman–Crippen MR) is 62.5 cm³/mol. The molecule has 86 valence electrons. The topological polar surface area (TPSA) is 57.5 Å². The molecular weight excluding hydrogens is 204 g/mol. The standard InChI is InChI=1S/C13H16O3/c1-2-3-4-11(9-13(15)16)10-5-7-12(14)8-6-10/h3-8,11,14H,2,9H2,1H3,(H,15,16). The van der Waals surface area contributed by atoms with E-state index >= 15 is 0 Å². The van der Waals surface area contributed by atoms with Crippen LogP contribution in [0.5, 0.6) is 5.75 Å². The monoisotopic (exact) mass is 220 g/mol. The molecule has 0 radical (unpaired) electrons. The molecule has 1 aromatic carbocycles. The second-order valence-electron chi connectivity index (χ2n) is 3.63. The SMILES string of the molecule is CCC=CC(CC(=O)O)c1ccc(O)cc1. The highest BCUT2D eigenvalue weighted by Gasteiger charge is 2.12. The Labute approximate surface area is 95.0 Å². The maximum Gasteiger partial charge on any atom is 0.304 e. The zero-order valence-electron chi connectivity index (χ0n) is 9.26. The number of carbonyl (C=O) groups is 1. The van der Waals surface area contributed by atoms with E-state index in [0.717, 1.165) is 12.0 Å². The van der Waals surface area contributed by atoms with Crippen molar-refractivity contribution >= 4 is 5.97 Å². The Morgan fingerprint density at radius 1 is 1.38 bits per heavy atom. The molecule has 0 aliphatic heterocycles. The van der Waals surface area contributed by atoms with Crippen LogP contribution in [0.4, 0.5) is 0 Å². The number of phenolic OH excluding ortho intramolecular Hbond substituents is 1. The maximum absolute atomic E-state index is 10.7. The summed E-state index contributed by atoms with van der Waals surface area (Å²) in [7, 11) is 0. The second kappa shape index (κ2) is 5.95. The Kier molecular flexibility index (Phi) is 4.58. The lowest BCUT2D eigenvalue weighted by atomic mass is 9.95. The van der Waals surface area contributed by atoms with Crippen molar-refractivity contribution in [3.05, 3.63) is 42.0 Å². The lowest BCUT2D eigenvalue weighted by Crippen LogP contribution is -2.03. The molecule has 1 unspecified atom stereocenters. The highest BCUT2D eigenvalue weighted by Crippen LogP contribution is 2.23. The van der Waals surface area contributed by atoms with Crippen molar-refractivity contribution in [3.63, 3.8) is 0 Å². The van der Waals surface area contributed by atoms with Crippen molar-refractivity contribution in [2.45, 2.75) is 25.7 Å². The van der Waals surface area contributed by atoms with Gasteiger partial charge < -0.3 is 10.2 Å². The summed E-state index contributed by atoms with van der Waals surface area (Å²) >= 11 is 0. The van der Waals surface area contributed by atoms with Gasteiger partial charge in [-0.2, -0.15) is 0 Å². The molecular formula is C13H16O3. The molecule has 0 aromatic heterocycles. The summed E-state index contributed by atoms with van der Waals surface area (Å²) in [4.78, 5) is 10.7. The fraction of sp³-hybridized carbons (Fsp3) is 0.308. The third-order valence-corrected chi connectivity index (χ3v) is 2.32. The Balaban J connectivity index is 2.86. The van der Waals surface area contributed by atoms with Crippen molar-refractivity contribution in [2.24, 2.45) is 0 Å². The van der Waals surface area contributed by atoms with Gasteiger partial charge in [-0.25, -0.2) is 0 Å². The first-order valence-corrected chi connectivity index (χ1v) is 5.31. The fourth-order valence-electron chi connectivity index (χ4n) is 1.51. The van der Waals surface area contributed by atoms with Crippen LogP contribution < -0.4 is 0 Å². The molecule has 1 atom stereocenters. The van der Waals surface area contributed by atoms with E-state index in [2.05, 4.69) is 0 Å². The van der Waals surface area contributed by atoms with Crippen LogP contribution in [0.15, 0.2) is 36.4 Å². The number of rotatable bonds is 5. The van der Waals surface area contributed by atoms with Crippen LogP contribution in [-0.4, -0.2) is 16.2 Å². The van der Waals surface area contributed by atoms with E-state index in [1.54, 1.807) is 24.3 Å². The Bertz CT molecular complexity index is 365. The quantitative estimate of drug-likeness (QED) is 0.750. The number of aliphatic carboxylic acids is 1. The van der Waals surface area contributed by atoms with E-state index in [1.165, 1.54) is 0 Å². The lowest BCUT2D eigenvalue weighted by Gasteiger charge is -2.10. The molecule has 0 fully saturated rings. The minimum Gasteiger partial charge on any atom is -0.508 e. The first-order valence-electron chi connectivity index (χ1n) is 5.31. The van der Waals surface area contributed by atoms with Gasteiger partial charge >= 0.3 is 5.97 Å². The smallest absolute Gasteiger partial charge is 0.304 e. The van der Waals surface area contributed by atoms with Crippen LogP contribution in [0.1, 0.15) is 31.2 Å². The molecule has 0 aliphatic rings. The number of hydrogen-bond donors (Lipinski definition) is 2. The summed E-state index contributed by atoms with van der Waals surface area (Å²) in [5, 5.41) is 18.0. The maximum atomic E-state index is 10.7. The van der Waals surface area contributed by atoms with Gasteiger partial charge in [0.1, 0.15) is 5.75 Å². The molecule has 3 nitrogen and oxygen atoms in total. The second-order valence-corrected chi connectivity index (χ2v) is 3.63. The molecule has 3 heteroatoms. The highest BCUT2D eigenvalue weighted by molar-refractivity contribution is 5.68. The number of phenols is 1. The molecule has 2 N–H and O–H groups in total. The van der Waals surface area contributed by atoms with E-state index in [4.69, 9.17) is 10.2 Å². The number of hydrogen-bond acceptors (Lipinski definition) is 2. The molecule has 0 saturated heterocycles. The van der Waals surface area contributed by atoms with Gasteiger partial charge in [-0.1, -0.05) is 31.2 Å². The third kappa shape index (κ3) is 3.77. The van der Waals surface area contributed by atoms with Crippen molar-refractivity contribution in [2.75, 3.05) is 0 Å². The minimum atomic E-state index is -0.821. The van der Waals surface area contributed by atoms with Gasteiger partial charge in [0, 0.05) is 5.92 Å².